The molecule has 0 radical (unpaired) electrons. The lowest BCUT2D eigenvalue weighted by Crippen LogP contribution is -2.17. The van der Waals surface area contributed by atoms with Gasteiger partial charge in [-0.1, -0.05) is 166 Å². The summed E-state index contributed by atoms with van der Waals surface area (Å²) in [5, 5.41) is 1.88. The predicted octanol–water partition coefficient (Wildman–Crippen LogP) is 9.73. The van der Waals surface area contributed by atoms with Crippen molar-refractivity contribution < 1.29 is 0 Å². The van der Waals surface area contributed by atoms with E-state index in [1.165, 1.54) is 109 Å². The van der Waals surface area contributed by atoms with Gasteiger partial charge < -0.3 is 0 Å². The molecule has 0 saturated heterocycles. The number of hydrogen-bond donors (Lipinski definition) is 0. The maximum Gasteiger partial charge on any atom is 0.0896 e. The van der Waals surface area contributed by atoms with Crippen molar-refractivity contribution in [3.05, 3.63) is 22.5 Å². The Balaban J connectivity index is 1.91. The Labute approximate surface area is 186 Å². The largest absolute Gasteiger partial charge is 0.0929 e. The van der Waals surface area contributed by atoms with E-state index in [0.29, 0.717) is 5.92 Å². The fourth-order valence-corrected chi connectivity index (χ4v) is 8.68. The SMILES string of the molecule is CCCCCCCCCCCCCCCCCC[SiH]1C=CC(C(C)C)=C1C(C)C. The molecule has 0 aromatic carbocycles. The van der Waals surface area contributed by atoms with E-state index in [1.54, 1.807) is 5.57 Å². The Hall–Kier alpha value is -0.303. The van der Waals surface area contributed by atoms with Crippen molar-refractivity contribution in [2.24, 2.45) is 11.8 Å². The third-order valence-corrected chi connectivity index (χ3v) is 10.3. The van der Waals surface area contributed by atoms with Crippen molar-refractivity contribution >= 4 is 8.80 Å². The molecule has 0 N–H and O–H groups in total. The van der Waals surface area contributed by atoms with Crippen molar-refractivity contribution in [2.45, 2.75) is 143 Å². The van der Waals surface area contributed by atoms with Crippen LogP contribution in [0, 0.1) is 11.8 Å². The van der Waals surface area contributed by atoms with Gasteiger partial charge in [0.15, 0.2) is 0 Å². The molecule has 29 heavy (non-hydrogen) atoms. The third kappa shape index (κ3) is 12.2. The molecule has 1 rings (SSSR count). The molecule has 170 valence electrons. The van der Waals surface area contributed by atoms with Gasteiger partial charge in [-0.15, -0.1) is 0 Å². The van der Waals surface area contributed by atoms with Gasteiger partial charge in [0.05, 0.1) is 8.80 Å². The summed E-state index contributed by atoms with van der Waals surface area (Å²) in [7, 11) is -0.762. The molecule has 1 aliphatic heterocycles. The number of allylic oxidation sites excluding steroid dienone is 3. The van der Waals surface area contributed by atoms with Gasteiger partial charge in [-0.2, -0.15) is 0 Å². The highest BCUT2D eigenvalue weighted by atomic mass is 28.3. The summed E-state index contributed by atoms with van der Waals surface area (Å²) in [6.45, 7) is 11.9. The molecular weight excluding hydrogens is 364 g/mol. The van der Waals surface area contributed by atoms with E-state index in [0.717, 1.165) is 5.92 Å². The fraction of sp³-hybridized carbons (Fsp3) is 0.857. The lowest BCUT2D eigenvalue weighted by molar-refractivity contribution is 0.531. The second-order valence-corrected chi connectivity index (χ2v) is 13.1. The van der Waals surface area contributed by atoms with Crippen LogP contribution in [0.3, 0.4) is 0 Å². The van der Waals surface area contributed by atoms with Crippen molar-refractivity contribution in [3.63, 3.8) is 0 Å². The Kier molecular flexibility index (Phi) is 16.0. The Morgan fingerprint density at radius 3 is 1.38 bits per heavy atom. The highest BCUT2D eigenvalue weighted by Gasteiger charge is 2.24. The average molecular weight is 419 g/mol. The molecule has 0 aromatic rings. The van der Waals surface area contributed by atoms with E-state index >= 15 is 0 Å². The minimum atomic E-state index is -0.762. The molecule has 0 spiro atoms. The molecule has 0 bridgehead atoms. The Bertz CT molecular complexity index is 443. The van der Waals surface area contributed by atoms with Crippen molar-refractivity contribution in [2.75, 3.05) is 0 Å². The van der Waals surface area contributed by atoms with Gasteiger partial charge in [-0.3, -0.25) is 0 Å². The van der Waals surface area contributed by atoms with E-state index < -0.39 is 8.80 Å². The van der Waals surface area contributed by atoms with Gasteiger partial charge in [-0.25, -0.2) is 0 Å². The lowest BCUT2D eigenvalue weighted by Gasteiger charge is -2.20. The van der Waals surface area contributed by atoms with Crippen LogP contribution < -0.4 is 0 Å². The normalized spacial score (nSPS) is 16.7. The zero-order valence-corrected chi connectivity index (χ0v) is 22.1. The first-order valence-electron chi connectivity index (χ1n) is 13.5. The van der Waals surface area contributed by atoms with Crippen LogP contribution in [0.1, 0.15) is 137 Å². The first-order valence-corrected chi connectivity index (χ1v) is 15.6. The first kappa shape index (κ1) is 26.7. The van der Waals surface area contributed by atoms with Gasteiger partial charge in [-0.05, 0) is 11.8 Å². The van der Waals surface area contributed by atoms with Crippen molar-refractivity contribution in [3.8, 4) is 0 Å². The highest BCUT2D eigenvalue weighted by molar-refractivity contribution is 6.73. The molecule has 0 nitrogen and oxygen atoms in total. The van der Waals surface area contributed by atoms with Crippen LogP contribution in [-0.2, 0) is 0 Å². The van der Waals surface area contributed by atoms with Crippen LogP contribution in [0.25, 0.3) is 0 Å². The van der Waals surface area contributed by atoms with Gasteiger partial charge in [0.1, 0.15) is 0 Å². The van der Waals surface area contributed by atoms with Crippen LogP contribution in [0.5, 0.6) is 0 Å². The van der Waals surface area contributed by atoms with Gasteiger partial charge in [0, 0.05) is 0 Å². The second kappa shape index (κ2) is 17.4. The summed E-state index contributed by atoms with van der Waals surface area (Å²) in [6, 6.07) is 1.51. The first-order chi connectivity index (χ1) is 14.1. The molecular formula is C28H54Si. The summed E-state index contributed by atoms with van der Waals surface area (Å²) in [5.41, 5.74) is 4.32. The van der Waals surface area contributed by atoms with E-state index in [9.17, 15) is 0 Å². The van der Waals surface area contributed by atoms with E-state index in [4.69, 9.17) is 0 Å². The quantitative estimate of drug-likeness (QED) is 0.145. The topological polar surface area (TPSA) is 0 Å². The summed E-state index contributed by atoms with van der Waals surface area (Å²) in [6.07, 6.45) is 26.0. The van der Waals surface area contributed by atoms with Gasteiger partial charge >= 0.3 is 0 Å². The lowest BCUT2D eigenvalue weighted by atomic mass is 9.99. The number of hydrogen-bond acceptors (Lipinski definition) is 0. The molecule has 1 aliphatic rings. The van der Waals surface area contributed by atoms with Crippen LogP contribution in [0.2, 0.25) is 6.04 Å². The van der Waals surface area contributed by atoms with E-state index in [-0.39, 0.29) is 0 Å². The zero-order chi connectivity index (χ0) is 21.3. The predicted molar refractivity (Wildman–Crippen MR) is 137 cm³/mol. The smallest absolute Gasteiger partial charge is 0.0896 e. The van der Waals surface area contributed by atoms with E-state index in [2.05, 4.69) is 46.4 Å². The van der Waals surface area contributed by atoms with Crippen LogP contribution in [-0.4, -0.2) is 8.80 Å². The standard InChI is InChI=1S/C28H54Si/c1-6-7-8-9-10-11-12-13-14-15-16-17-18-19-20-21-23-29-24-22-27(25(2)3)28(29)26(4)5/h22,24-26,29H,6-21,23H2,1-5H3. The summed E-state index contributed by atoms with van der Waals surface area (Å²) in [4.78, 5) is 0. The number of rotatable bonds is 19. The van der Waals surface area contributed by atoms with Crippen molar-refractivity contribution in [1.29, 1.82) is 0 Å². The molecule has 0 saturated carbocycles. The van der Waals surface area contributed by atoms with E-state index in [1.807, 2.05) is 5.20 Å². The van der Waals surface area contributed by atoms with Crippen molar-refractivity contribution in [1.82, 2.24) is 0 Å². The highest BCUT2D eigenvalue weighted by Crippen LogP contribution is 2.32. The summed E-state index contributed by atoms with van der Waals surface area (Å²) < 4.78 is 0. The molecule has 0 aromatic heterocycles. The minimum Gasteiger partial charge on any atom is -0.0929 e. The number of unbranched alkanes of at least 4 members (excludes halogenated alkanes) is 15. The zero-order valence-electron chi connectivity index (χ0n) is 20.9. The van der Waals surface area contributed by atoms with Gasteiger partial charge in [0.25, 0.3) is 0 Å². The van der Waals surface area contributed by atoms with Crippen LogP contribution >= 0.6 is 0 Å². The van der Waals surface area contributed by atoms with Crippen LogP contribution in [0.4, 0.5) is 0 Å². The molecule has 0 aliphatic carbocycles. The van der Waals surface area contributed by atoms with Crippen LogP contribution in [0.15, 0.2) is 22.5 Å². The monoisotopic (exact) mass is 418 g/mol. The second-order valence-electron chi connectivity index (χ2n) is 10.3. The Morgan fingerprint density at radius 1 is 0.586 bits per heavy atom. The maximum atomic E-state index is 2.63. The molecule has 0 fully saturated rings. The summed E-state index contributed by atoms with van der Waals surface area (Å²) >= 11 is 0. The maximum absolute atomic E-state index is 2.63. The van der Waals surface area contributed by atoms with Gasteiger partial charge in [0.2, 0.25) is 0 Å². The molecule has 1 atom stereocenters. The molecule has 1 heteroatoms. The average Bonchev–Trinajstić information content (AvgIpc) is 3.12. The third-order valence-electron chi connectivity index (χ3n) is 6.85. The molecule has 1 heterocycles. The Morgan fingerprint density at radius 2 is 1.00 bits per heavy atom. The molecule has 1 unspecified atom stereocenters. The minimum absolute atomic E-state index is 0.715. The fourth-order valence-electron chi connectivity index (χ4n) is 5.09. The molecule has 0 amide bonds. The summed E-state index contributed by atoms with van der Waals surface area (Å²) in [5.74, 6) is 1.48.